The van der Waals surface area contributed by atoms with Gasteiger partial charge in [-0.15, -0.1) is 10.2 Å². The molecule has 0 fully saturated rings. The second-order valence-electron chi connectivity index (χ2n) is 6.20. The van der Waals surface area contributed by atoms with Crippen LogP contribution in [0.15, 0.2) is 74.3 Å². The van der Waals surface area contributed by atoms with Crippen molar-refractivity contribution in [2.24, 2.45) is 21.9 Å². The summed E-state index contributed by atoms with van der Waals surface area (Å²) in [6, 6.07) is 2.95. The topological polar surface area (TPSA) is 125 Å². The molecule has 1 aromatic carbocycles. The van der Waals surface area contributed by atoms with Crippen LogP contribution in [0.4, 0.5) is 18.9 Å². The Morgan fingerprint density at radius 3 is 2.55 bits per heavy atom. The van der Waals surface area contributed by atoms with E-state index in [2.05, 4.69) is 10.2 Å². The second kappa shape index (κ2) is 7.32. The van der Waals surface area contributed by atoms with E-state index in [1.54, 1.807) is 0 Å². The van der Waals surface area contributed by atoms with E-state index in [1.165, 1.54) is 18.2 Å². The van der Waals surface area contributed by atoms with Gasteiger partial charge in [0.05, 0.1) is 21.9 Å². The third-order valence-corrected chi connectivity index (χ3v) is 5.32. The van der Waals surface area contributed by atoms with Gasteiger partial charge in [-0.3, -0.25) is 4.55 Å². The Morgan fingerprint density at radius 1 is 1.24 bits per heavy atom. The average Bonchev–Trinajstić information content (AvgIpc) is 2.60. The quantitative estimate of drug-likeness (QED) is 0.454. The van der Waals surface area contributed by atoms with Crippen LogP contribution in [0.5, 0.6) is 0 Å². The van der Waals surface area contributed by atoms with Crippen molar-refractivity contribution < 1.29 is 31.2 Å². The highest BCUT2D eigenvalue weighted by molar-refractivity contribution is 7.90. The predicted octanol–water partition coefficient (Wildman–Crippen LogP) is 4.79. The first-order valence-electron chi connectivity index (χ1n) is 7.97. The van der Waals surface area contributed by atoms with Gasteiger partial charge in [0.15, 0.2) is 0 Å². The molecule has 0 bridgehead atoms. The van der Waals surface area contributed by atoms with Gasteiger partial charge in [-0.1, -0.05) is 23.8 Å². The summed E-state index contributed by atoms with van der Waals surface area (Å²) in [5.74, 6) is -1.26. The highest BCUT2D eigenvalue weighted by atomic mass is 35.5. The molecule has 0 aliphatic heterocycles. The van der Waals surface area contributed by atoms with Crippen LogP contribution in [-0.2, 0) is 16.3 Å². The maximum Gasteiger partial charge on any atom is 0.418 e. The molecule has 0 radical (unpaired) electrons. The Bertz CT molecular complexity index is 1140. The maximum absolute atomic E-state index is 13.2. The van der Waals surface area contributed by atoms with Gasteiger partial charge < -0.3 is 10.8 Å². The lowest BCUT2D eigenvalue weighted by Gasteiger charge is -2.25. The number of fused-ring (bicyclic) bond motifs is 1. The number of allylic oxidation sites excluding steroid dienone is 4. The standard InChI is InChI=1S/C17H13ClF3N3O4S/c18-9-2-4-13(11(6-9)17(19,20)21)23-24-16-12(22)3-1-8-5-10(29(26,27)28)7-14(25)15(8)16/h2-8,25H,1,22H2,(H,26,27,28). The van der Waals surface area contributed by atoms with Crippen molar-refractivity contribution in [3.05, 3.63) is 74.6 Å². The minimum Gasteiger partial charge on any atom is -0.508 e. The summed E-state index contributed by atoms with van der Waals surface area (Å²) in [7, 11) is -4.56. The number of azo groups is 1. The van der Waals surface area contributed by atoms with Crippen LogP contribution in [0.1, 0.15) is 12.0 Å². The molecule has 12 heteroatoms. The van der Waals surface area contributed by atoms with Gasteiger partial charge in [0.2, 0.25) is 0 Å². The van der Waals surface area contributed by atoms with E-state index >= 15 is 0 Å². The zero-order valence-corrected chi connectivity index (χ0v) is 15.9. The lowest BCUT2D eigenvalue weighted by atomic mass is 9.84. The summed E-state index contributed by atoms with van der Waals surface area (Å²) in [6.07, 6.45) is -1.09. The number of hydrogen-bond acceptors (Lipinski definition) is 6. The molecular formula is C17H13ClF3N3O4S. The van der Waals surface area contributed by atoms with Gasteiger partial charge in [0.25, 0.3) is 10.1 Å². The number of benzene rings is 1. The Kier molecular flexibility index (Phi) is 5.32. The van der Waals surface area contributed by atoms with E-state index in [-0.39, 0.29) is 28.4 Å². The number of rotatable bonds is 3. The number of aliphatic hydroxyl groups excluding tert-OH is 1. The fourth-order valence-electron chi connectivity index (χ4n) is 2.92. The van der Waals surface area contributed by atoms with Crippen molar-refractivity contribution in [3.8, 4) is 0 Å². The van der Waals surface area contributed by atoms with Crippen LogP contribution < -0.4 is 5.73 Å². The molecule has 0 aromatic heterocycles. The van der Waals surface area contributed by atoms with Crippen LogP contribution in [0.25, 0.3) is 0 Å². The number of aliphatic hydroxyl groups is 1. The van der Waals surface area contributed by atoms with Crippen LogP contribution in [0.3, 0.4) is 0 Å². The van der Waals surface area contributed by atoms with E-state index in [1.807, 2.05) is 0 Å². The highest BCUT2D eigenvalue weighted by Crippen LogP contribution is 2.41. The van der Waals surface area contributed by atoms with Gasteiger partial charge in [-0.25, -0.2) is 0 Å². The molecule has 2 aliphatic carbocycles. The molecule has 2 aliphatic rings. The lowest BCUT2D eigenvalue weighted by molar-refractivity contribution is -0.137. The maximum atomic E-state index is 13.2. The van der Waals surface area contributed by atoms with Crippen LogP contribution in [-0.4, -0.2) is 18.1 Å². The molecule has 7 nitrogen and oxygen atoms in total. The van der Waals surface area contributed by atoms with Gasteiger partial charge in [-0.2, -0.15) is 21.6 Å². The summed E-state index contributed by atoms with van der Waals surface area (Å²) < 4.78 is 71.5. The zero-order valence-electron chi connectivity index (χ0n) is 14.4. The van der Waals surface area contributed by atoms with Crippen molar-refractivity contribution in [3.63, 3.8) is 0 Å². The number of hydrogen-bond donors (Lipinski definition) is 3. The van der Waals surface area contributed by atoms with E-state index in [4.69, 9.17) is 17.3 Å². The highest BCUT2D eigenvalue weighted by Gasteiger charge is 2.35. The molecule has 0 amide bonds. The van der Waals surface area contributed by atoms with Gasteiger partial charge in [0.1, 0.15) is 11.5 Å². The summed E-state index contributed by atoms with van der Waals surface area (Å²) in [6.45, 7) is 0. The predicted molar refractivity (Wildman–Crippen MR) is 98.7 cm³/mol. The number of nitrogens with zero attached hydrogens (tertiary/aromatic N) is 2. The molecule has 0 saturated carbocycles. The average molecular weight is 448 g/mol. The summed E-state index contributed by atoms with van der Waals surface area (Å²) >= 11 is 5.63. The Labute approximate surface area is 168 Å². The minimum atomic E-state index is -4.73. The Morgan fingerprint density at radius 2 is 1.93 bits per heavy atom. The van der Waals surface area contributed by atoms with Crippen LogP contribution in [0.2, 0.25) is 5.02 Å². The molecule has 0 spiro atoms. The SMILES string of the molecule is NC1=CCC2C=C(S(=O)(=O)O)C=C(O)C2=C1N=Nc1ccc(Cl)cc1C(F)(F)F. The molecule has 4 N–H and O–H groups in total. The molecule has 0 saturated heterocycles. The van der Waals surface area contributed by atoms with E-state index in [9.17, 15) is 31.2 Å². The molecule has 29 heavy (non-hydrogen) atoms. The van der Waals surface area contributed by atoms with Crippen molar-refractivity contribution in [1.82, 2.24) is 0 Å². The first-order chi connectivity index (χ1) is 13.4. The first kappa shape index (κ1) is 21.1. The van der Waals surface area contributed by atoms with Gasteiger partial charge >= 0.3 is 6.18 Å². The van der Waals surface area contributed by atoms with Crippen molar-refractivity contribution in [2.75, 3.05) is 0 Å². The van der Waals surface area contributed by atoms with E-state index in [0.717, 1.165) is 12.1 Å². The Hall–Kier alpha value is -2.63. The Balaban J connectivity index is 2.09. The van der Waals surface area contributed by atoms with Crippen molar-refractivity contribution in [1.29, 1.82) is 0 Å². The zero-order chi connectivity index (χ0) is 21.6. The number of alkyl halides is 3. The summed E-state index contributed by atoms with van der Waals surface area (Å²) in [4.78, 5) is -0.508. The number of halogens is 4. The minimum absolute atomic E-state index is 0.0474. The second-order valence-corrected chi connectivity index (χ2v) is 8.05. The lowest BCUT2D eigenvalue weighted by Crippen LogP contribution is -2.19. The van der Waals surface area contributed by atoms with E-state index < -0.39 is 44.1 Å². The molecule has 154 valence electrons. The third kappa shape index (κ3) is 4.36. The van der Waals surface area contributed by atoms with Crippen LogP contribution in [0, 0.1) is 5.92 Å². The van der Waals surface area contributed by atoms with E-state index in [0.29, 0.717) is 6.07 Å². The van der Waals surface area contributed by atoms with Gasteiger partial charge in [-0.05, 0) is 24.6 Å². The fraction of sp³-hybridized carbons (Fsp3) is 0.176. The largest absolute Gasteiger partial charge is 0.508 e. The summed E-state index contributed by atoms with van der Waals surface area (Å²) in [5.41, 5.74) is 4.27. The molecule has 0 heterocycles. The van der Waals surface area contributed by atoms with Gasteiger partial charge in [0, 0.05) is 22.6 Å². The number of nitrogens with two attached hydrogens (primary N) is 1. The fourth-order valence-corrected chi connectivity index (χ4v) is 3.69. The summed E-state index contributed by atoms with van der Waals surface area (Å²) in [5, 5.41) is 17.5. The van der Waals surface area contributed by atoms with Crippen LogP contribution >= 0.6 is 11.6 Å². The third-order valence-electron chi connectivity index (χ3n) is 4.23. The molecule has 1 aromatic rings. The molecule has 3 rings (SSSR count). The molecule has 1 unspecified atom stereocenters. The smallest absolute Gasteiger partial charge is 0.418 e. The molecular weight excluding hydrogens is 435 g/mol. The van der Waals surface area contributed by atoms with Crippen molar-refractivity contribution >= 4 is 27.4 Å². The monoisotopic (exact) mass is 447 g/mol. The first-order valence-corrected chi connectivity index (χ1v) is 9.78. The molecule has 1 atom stereocenters. The van der Waals surface area contributed by atoms with Crippen molar-refractivity contribution in [2.45, 2.75) is 12.6 Å². The normalized spacial score (nSPS) is 20.3.